The number of nitrogens with zero attached hydrogens (tertiary/aromatic N) is 3. The van der Waals surface area contributed by atoms with Crippen molar-refractivity contribution in [2.75, 3.05) is 24.5 Å². The van der Waals surface area contributed by atoms with Crippen molar-refractivity contribution in [3.63, 3.8) is 0 Å². The van der Waals surface area contributed by atoms with E-state index in [4.69, 9.17) is 4.98 Å². The predicted octanol–water partition coefficient (Wildman–Crippen LogP) is 4.49. The first kappa shape index (κ1) is 16.8. The van der Waals surface area contributed by atoms with Crippen LogP contribution in [0.5, 0.6) is 0 Å². The molecule has 2 aromatic carbocycles. The number of fused-ring (bicyclic) bond motifs is 2. The summed E-state index contributed by atoms with van der Waals surface area (Å²) in [6.07, 6.45) is 4.75. The third-order valence-electron chi connectivity index (χ3n) is 5.67. The van der Waals surface area contributed by atoms with Crippen LogP contribution in [0.2, 0.25) is 0 Å². The number of carbonyl (C=O) groups excluding carboxylic acids is 1. The van der Waals surface area contributed by atoms with Gasteiger partial charge in [0.25, 0.3) is 5.91 Å². The summed E-state index contributed by atoms with van der Waals surface area (Å²) in [4.78, 5) is 22.2. The summed E-state index contributed by atoms with van der Waals surface area (Å²) in [7, 11) is 0. The SMILES string of the molecule is O=C(c1ccc2nc(N3CCCCC3)sc2c1)N1CCc2ccccc2C1. The first-order valence-corrected chi connectivity index (χ1v) is 10.6. The molecule has 5 heteroatoms. The maximum Gasteiger partial charge on any atom is 0.254 e. The Morgan fingerprint density at radius 2 is 1.78 bits per heavy atom. The number of piperidine rings is 1. The Bertz CT molecular complexity index is 990. The predicted molar refractivity (Wildman–Crippen MR) is 111 cm³/mol. The zero-order valence-corrected chi connectivity index (χ0v) is 16.2. The van der Waals surface area contributed by atoms with E-state index in [1.54, 1.807) is 11.3 Å². The molecular weight excluding hydrogens is 354 g/mol. The zero-order chi connectivity index (χ0) is 18.2. The highest BCUT2D eigenvalue weighted by molar-refractivity contribution is 7.22. The second kappa shape index (κ2) is 6.97. The molecule has 2 aliphatic heterocycles. The lowest BCUT2D eigenvalue weighted by Gasteiger charge is -2.29. The second-order valence-corrected chi connectivity index (χ2v) is 8.48. The molecule has 0 bridgehead atoms. The molecule has 4 nitrogen and oxygen atoms in total. The Morgan fingerprint density at radius 1 is 0.963 bits per heavy atom. The lowest BCUT2D eigenvalue weighted by Crippen LogP contribution is -2.35. The number of carbonyl (C=O) groups is 1. The quantitative estimate of drug-likeness (QED) is 0.660. The van der Waals surface area contributed by atoms with Gasteiger partial charge in [-0.05, 0) is 55.0 Å². The first-order chi connectivity index (χ1) is 13.3. The minimum Gasteiger partial charge on any atom is -0.348 e. The molecule has 0 aliphatic carbocycles. The Balaban J connectivity index is 1.39. The molecule has 1 aromatic heterocycles. The van der Waals surface area contributed by atoms with Crippen LogP contribution in [0.15, 0.2) is 42.5 Å². The van der Waals surface area contributed by atoms with Gasteiger partial charge in [0.05, 0.1) is 10.2 Å². The van der Waals surface area contributed by atoms with Crippen LogP contribution in [0.3, 0.4) is 0 Å². The van der Waals surface area contributed by atoms with E-state index < -0.39 is 0 Å². The largest absolute Gasteiger partial charge is 0.348 e. The van der Waals surface area contributed by atoms with Crippen LogP contribution in [0.25, 0.3) is 10.2 Å². The van der Waals surface area contributed by atoms with Gasteiger partial charge in [0, 0.05) is 31.7 Å². The molecule has 3 aromatic rings. The smallest absolute Gasteiger partial charge is 0.254 e. The summed E-state index contributed by atoms with van der Waals surface area (Å²) in [5.74, 6) is 0.124. The number of anilines is 1. The fraction of sp³-hybridized carbons (Fsp3) is 0.364. The van der Waals surface area contributed by atoms with Crippen molar-refractivity contribution in [3.8, 4) is 0 Å². The van der Waals surface area contributed by atoms with E-state index in [2.05, 4.69) is 29.2 Å². The first-order valence-electron chi connectivity index (χ1n) is 9.79. The van der Waals surface area contributed by atoms with Gasteiger partial charge in [0.2, 0.25) is 0 Å². The van der Waals surface area contributed by atoms with E-state index in [0.717, 1.165) is 47.0 Å². The highest BCUT2D eigenvalue weighted by atomic mass is 32.1. The van der Waals surface area contributed by atoms with Crippen molar-refractivity contribution in [3.05, 3.63) is 59.2 Å². The van der Waals surface area contributed by atoms with Crippen LogP contribution in [0.4, 0.5) is 5.13 Å². The average Bonchev–Trinajstić information content (AvgIpc) is 3.17. The Morgan fingerprint density at radius 3 is 2.63 bits per heavy atom. The number of rotatable bonds is 2. The fourth-order valence-electron chi connectivity index (χ4n) is 4.12. The third kappa shape index (κ3) is 3.21. The second-order valence-electron chi connectivity index (χ2n) is 7.47. The highest BCUT2D eigenvalue weighted by Crippen LogP contribution is 2.31. The van der Waals surface area contributed by atoms with Crippen molar-refractivity contribution in [2.45, 2.75) is 32.2 Å². The third-order valence-corrected chi connectivity index (χ3v) is 6.75. The number of hydrogen-bond donors (Lipinski definition) is 0. The van der Waals surface area contributed by atoms with E-state index in [-0.39, 0.29) is 5.91 Å². The molecule has 0 atom stereocenters. The van der Waals surface area contributed by atoms with Crippen LogP contribution in [0, 0.1) is 0 Å². The number of aromatic nitrogens is 1. The van der Waals surface area contributed by atoms with Crippen molar-refractivity contribution >= 4 is 32.6 Å². The van der Waals surface area contributed by atoms with Gasteiger partial charge < -0.3 is 9.80 Å². The van der Waals surface area contributed by atoms with Crippen LogP contribution >= 0.6 is 11.3 Å². The Kier molecular flexibility index (Phi) is 4.32. The number of thiazole rings is 1. The lowest BCUT2D eigenvalue weighted by atomic mass is 9.99. The summed E-state index contributed by atoms with van der Waals surface area (Å²) in [6, 6.07) is 14.4. The van der Waals surface area contributed by atoms with Crippen LogP contribution in [0.1, 0.15) is 40.7 Å². The summed E-state index contributed by atoms with van der Waals surface area (Å²) >= 11 is 1.71. The van der Waals surface area contributed by atoms with Gasteiger partial charge in [-0.1, -0.05) is 35.6 Å². The van der Waals surface area contributed by atoms with E-state index >= 15 is 0 Å². The summed E-state index contributed by atoms with van der Waals surface area (Å²) < 4.78 is 1.11. The molecule has 0 radical (unpaired) electrons. The summed E-state index contributed by atoms with van der Waals surface area (Å²) in [5.41, 5.74) is 4.41. The topological polar surface area (TPSA) is 36.4 Å². The fourth-order valence-corrected chi connectivity index (χ4v) is 5.17. The normalized spacial score (nSPS) is 17.2. The molecule has 27 heavy (non-hydrogen) atoms. The minimum atomic E-state index is 0.124. The molecule has 1 saturated heterocycles. The van der Waals surface area contributed by atoms with E-state index in [1.807, 2.05) is 23.1 Å². The number of benzene rings is 2. The maximum absolute atomic E-state index is 13.1. The van der Waals surface area contributed by atoms with Gasteiger partial charge in [0.1, 0.15) is 0 Å². The van der Waals surface area contributed by atoms with E-state index in [0.29, 0.717) is 6.54 Å². The molecule has 5 rings (SSSR count). The molecule has 0 N–H and O–H groups in total. The van der Waals surface area contributed by atoms with Gasteiger partial charge in [-0.2, -0.15) is 0 Å². The summed E-state index contributed by atoms with van der Waals surface area (Å²) in [6.45, 7) is 3.68. The monoisotopic (exact) mass is 377 g/mol. The molecule has 2 aliphatic rings. The molecule has 0 unspecified atom stereocenters. The number of amides is 1. The van der Waals surface area contributed by atoms with E-state index in [9.17, 15) is 4.79 Å². The van der Waals surface area contributed by atoms with Gasteiger partial charge in [0.15, 0.2) is 5.13 Å². The summed E-state index contributed by atoms with van der Waals surface area (Å²) in [5, 5.41) is 1.10. The molecule has 0 spiro atoms. The zero-order valence-electron chi connectivity index (χ0n) is 15.4. The van der Waals surface area contributed by atoms with Gasteiger partial charge in [-0.3, -0.25) is 4.79 Å². The maximum atomic E-state index is 13.1. The molecular formula is C22H23N3OS. The highest BCUT2D eigenvalue weighted by Gasteiger charge is 2.22. The Hall–Kier alpha value is -2.40. The van der Waals surface area contributed by atoms with Crippen molar-refractivity contribution in [2.24, 2.45) is 0 Å². The van der Waals surface area contributed by atoms with Crippen LogP contribution in [-0.4, -0.2) is 35.4 Å². The molecule has 3 heterocycles. The molecule has 1 fully saturated rings. The molecule has 0 saturated carbocycles. The van der Waals surface area contributed by atoms with Crippen LogP contribution < -0.4 is 4.90 Å². The molecule has 1 amide bonds. The van der Waals surface area contributed by atoms with Gasteiger partial charge in [-0.25, -0.2) is 4.98 Å². The minimum absolute atomic E-state index is 0.124. The van der Waals surface area contributed by atoms with Gasteiger partial charge in [-0.15, -0.1) is 0 Å². The van der Waals surface area contributed by atoms with Crippen molar-refractivity contribution in [1.29, 1.82) is 0 Å². The average molecular weight is 378 g/mol. The Labute approximate surface area is 163 Å². The van der Waals surface area contributed by atoms with Crippen molar-refractivity contribution in [1.82, 2.24) is 9.88 Å². The van der Waals surface area contributed by atoms with Crippen molar-refractivity contribution < 1.29 is 4.79 Å². The lowest BCUT2D eigenvalue weighted by molar-refractivity contribution is 0.0735. The van der Waals surface area contributed by atoms with Gasteiger partial charge >= 0.3 is 0 Å². The molecule has 138 valence electrons. The van der Waals surface area contributed by atoms with Crippen LogP contribution in [-0.2, 0) is 13.0 Å². The standard InChI is InChI=1S/C22H23N3OS/c26-21(25-13-10-16-6-2-3-7-18(16)15-25)17-8-9-19-20(14-17)27-22(23-19)24-11-4-1-5-12-24/h2-3,6-9,14H,1,4-5,10-13,15H2. The number of hydrogen-bond acceptors (Lipinski definition) is 4. The van der Waals surface area contributed by atoms with E-state index in [1.165, 1.54) is 30.4 Å².